The van der Waals surface area contributed by atoms with E-state index >= 15 is 0 Å². The van der Waals surface area contributed by atoms with Crippen LogP contribution in [0.3, 0.4) is 0 Å². The van der Waals surface area contributed by atoms with Gasteiger partial charge in [0.05, 0.1) is 0 Å². The molecule has 0 unspecified atom stereocenters. The van der Waals surface area contributed by atoms with Gasteiger partial charge in [0, 0.05) is 11.9 Å². The van der Waals surface area contributed by atoms with Gasteiger partial charge in [-0.2, -0.15) is 0 Å². The van der Waals surface area contributed by atoms with Gasteiger partial charge in [-0.25, -0.2) is 4.79 Å². The molecule has 66 valence electrons. The van der Waals surface area contributed by atoms with E-state index in [1.165, 1.54) is 4.57 Å². The van der Waals surface area contributed by atoms with E-state index < -0.39 is 6.09 Å². The molecule has 0 aromatic carbocycles. The molecular weight excluding hydrogens is 154 g/mol. The average Bonchev–Trinajstić information content (AvgIpc) is 2.27. The Kier molecular flexibility index (Phi) is 2.22. The molecule has 0 saturated carbocycles. The molecule has 0 fully saturated rings. The molecule has 0 saturated heterocycles. The standard InChI is InChI=1S/C9H13NO2/c1-4-8-6(2)5-10(7(8)3)9(11)12/h5H,4H2,1-3H3,(H,11,12). The zero-order valence-electron chi connectivity index (χ0n) is 7.59. The Balaban J connectivity index is 3.26. The first-order chi connectivity index (χ1) is 5.57. The Morgan fingerprint density at radius 3 is 2.42 bits per heavy atom. The van der Waals surface area contributed by atoms with Gasteiger partial charge in [0.15, 0.2) is 0 Å². The fourth-order valence-corrected chi connectivity index (χ4v) is 1.53. The molecule has 1 heterocycles. The summed E-state index contributed by atoms with van der Waals surface area (Å²) in [5.41, 5.74) is 3.03. The monoisotopic (exact) mass is 167 g/mol. The highest BCUT2D eigenvalue weighted by atomic mass is 16.4. The molecule has 0 bridgehead atoms. The van der Waals surface area contributed by atoms with Crippen LogP contribution in [0.1, 0.15) is 23.7 Å². The molecule has 0 atom stereocenters. The second-order valence-corrected chi connectivity index (χ2v) is 2.88. The second kappa shape index (κ2) is 3.01. The first kappa shape index (κ1) is 8.84. The van der Waals surface area contributed by atoms with Crippen molar-refractivity contribution in [3.05, 3.63) is 23.0 Å². The summed E-state index contributed by atoms with van der Waals surface area (Å²) in [6.07, 6.45) is 1.64. The van der Waals surface area contributed by atoms with E-state index in [2.05, 4.69) is 0 Å². The van der Waals surface area contributed by atoms with Gasteiger partial charge < -0.3 is 5.11 Å². The zero-order valence-corrected chi connectivity index (χ0v) is 7.59. The van der Waals surface area contributed by atoms with Crippen LogP contribution in [0, 0.1) is 13.8 Å². The quantitative estimate of drug-likeness (QED) is 0.696. The number of nitrogens with zero attached hydrogens (tertiary/aromatic N) is 1. The molecule has 3 heteroatoms. The molecule has 1 aromatic rings. The predicted molar refractivity (Wildman–Crippen MR) is 46.7 cm³/mol. The molecule has 3 nitrogen and oxygen atoms in total. The molecule has 0 aliphatic rings. The van der Waals surface area contributed by atoms with Crippen LogP contribution >= 0.6 is 0 Å². The molecule has 0 aliphatic heterocycles. The minimum Gasteiger partial charge on any atom is -0.464 e. The van der Waals surface area contributed by atoms with Gasteiger partial charge in [0.25, 0.3) is 0 Å². The van der Waals surface area contributed by atoms with E-state index in [9.17, 15) is 4.79 Å². The minimum absolute atomic E-state index is 0.836. The smallest absolute Gasteiger partial charge is 0.415 e. The maximum atomic E-state index is 10.7. The van der Waals surface area contributed by atoms with Crippen LogP contribution in [-0.4, -0.2) is 15.8 Å². The molecule has 12 heavy (non-hydrogen) atoms. The van der Waals surface area contributed by atoms with E-state index in [4.69, 9.17) is 5.11 Å². The van der Waals surface area contributed by atoms with Gasteiger partial charge in [-0.3, -0.25) is 4.57 Å². The summed E-state index contributed by atoms with van der Waals surface area (Å²) in [6.45, 7) is 5.80. The third kappa shape index (κ3) is 1.22. The van der Waals surface area contributed by atoms with Crippen LogP contribution < -0.4 is 0 Å². The van der Waals surface area contributed by atoms with E-state index in [1.807, 2.05) is 20.8 Å². The maximum Gasteiger partial charge on any atom is 0.415 e. The number of aryl methyl sites for hydroxylation is 1. The van der Waals surface area contributed by atoms with Crippen molar-refractivity contribution in [3.8, 4) is 0 Å². The lowest BCUT2D eigenvalue weighted by Gasteiger charge is -1.99. The van der Waals surface area contributed by atoms with Gasteiger partial charge in [-0.1, -0.05) is 6.92 Å². The van der Waals surface area contributed by atoms with Crippen molar-refractivity contribution < 1.29 is 9.90 Å². The maximum absolute atomic E-state index is 10.7. The SMILES string of the molecule is CCc1c(C)cn(C(=O)O)c1C. The highest BCUT2D eigenvalue weighted by Gasteiger charge is 2.11. The summed E-state index contributed by atoms with van der Waals surface area (Å²) < 4.78 is 1.27. The first-order valence-electron chi connectivity index (χ1n) is 3.98. The predicted octanol–water partition coefficient (Wildman–Crippen LogP) is 2.19. The highest BCUT2D eigenvalue weighted by Crippen LogP contribution is 2.16. The third-order valence-electron chi connectivity index (χ3n) is 2.16. The fraction of sp³-hybridized carbons (Fsp3) is 0.444. The van der Waals surface area contributed by atoms with Crippen molar-refractivity contribution in [2.45, 2.75) is 27.2 Å². The Morgan fingerprint density at radius 2 is 2.17 bits per heavy atom. The molecule has 0 radical (unpaired) electrons. The Morgan fingerprint density at radius 1 is 1.58 bits per heavy atom. The van der Waals surface area contributed by atoms with E-state index in [0.29, 0.717) is 0 Å². The number of carbonyl (C=O) groups is 1. The Labute approximate surface area is 71.6 Å². The van der Waals surface area contributed by atoms with Crippen molar-refractivity contribution in [1.82, 2.24) is 4.57 Å². The van der Waals surface area contributed by atoms with Crippen molar-refractivity contribution >= 4 is 6.09 Å². The molecule has 0 amide bonds. The number of hydrogen-bond acceptors (Lipinski definition) is 1. The lowest BCUT2D eigenvalue weighted by atomic mass is 10.1. The summed E-state index contributed by atoms with van der Waals surface area (Å²) in [5.74, 6) is 0. The van der Waals surface area contributed by atoms with E-state index in [1.54, 1.807) is 6.20 Å². The Hall–Kier alpha value is -1.25. The number of carboxylic acid groups (broad SMARTS) is 1. The van der Waals surface area contributed by atoms with Crippen LogP contribution in [0.2, 0.25) is 0 Å². The van der Waals surface area contributed by atoms with E-state index in [-0.39, 0.29) is 0 Å². The van der Waals surface area contributed by atoms with Crippen LogP contribution in [0.4, 0.5) is 4.79 Å². The van der Waals surface area contributed by atoms with Gasteiger partial charge >= 0.3 is 6.09 Å². The molecule has 0 spiro atoms. The largest absolute Gasteiger partial charge is 0.464 e. The van der Waals surface area contributed by atoms with Gasteiger partial charge in [0.1, 0.15) is 0 Å². The Bertz CT molecular complexity index is 313. The minimum atomic E-state index is -0.907. The summed E-state index contributed by atoms with van der Waals surface area (Å²) in [7, 11) is 0. The average molecular weight is 167 g/mol. The van der Waals surface area contributed by atoms with Crippen LogP contribution in [0.25, 0.3) is 0 Å². The zero-order chi connectivity index (χ0) is 9.30. The summed E-state index contributed by atoms with van der Waals surface area (Å²) in [4.78, 5) is 10.7. The van der Waals surface area contributed by atoms with E-state index in [0.717, 1.165) is 23.2 Å². The van der Waals surface area contributed by atoms with Crippen molar-refractivity contribution in [1.29, 1.82) is 0 Å². The molecule has 0 aliphatic carbocycles. The molecule has 1 rings (SSSR count). The normalized spacial score (nSPS) is 10.2. The highest BCUT2D eigenvalue weighted by molar-refractivity contribution is 5.70. The number of rotatable bonds is 1. The van der Waals surface area contributed by atoms with Gasteiger partial charge in [-0.15, -0.1) is 0 Å². The van der Waals surface area contributed by atoms with Crippen LogP contribution in [0.5, 0.6) is 0 Å². The van der Waals surface area contributed by atoms with Crippen molar-refractivity contribution in [2.75, 3.05) is 0 Å². The topological polar surface area (TPSA) is 42.2 Å². The number of hydrogen-bond donors (Lipinski definition) is 1. The number of aromatic nitrogens is 1. The van der Waals surface area contributed by atoms with Crippen LogP contribution in [0.15, 0.2) is 6.20 Å². The van der Waals surface area contributed by atoms with Crippen molar-refractivity contribution in [2.24, 2.45) is 0 Å². The lowest BCUT2D eigenvalue weighted by molar-refractivity contribution is 0.196. The first-order valence-corrected chi connectivity index (χ1v) is 3.98. The van der Waals surface area contributed by atoms with Crippen LogP contribution in [-0.2, 0) is 6.42 Å². The third-order valence-corrected chi connectivity index (χ3v) is 2.16. The van der Waals surface area contributed by atoms with Gasteiger partial charge in [0.2, 0.25) is 0 Å². The second-order valence-electron chi connectivity index (χ2n) is 2.88. The van der Waals surface area contributed by atoms with Crippen molar-refractivity contribution in [3.63, 3.8) is 0 Å². The summed E-state index contributed by atoms with van der Waals surface area (Å²) in [5, 5.41) is 8.76. The lowest BCUT2D eigenvalue weighted by Crippen LogP contribution is -2.08. The molecule has 1 N–H and O–H groups in total. The summed E-state index contributed by atoms with van der Waals surface area (Å²) in [6, 6.07) is 0. The summed E-state index contributed by atoms with van der Waals surface area (Å²) >= 11 is 0. The van der Waals surface area contributed by atoms with Gasteiger partial charge in [-0.05, 0) is 31.4 Å². The fourth-order valence-electron chi connectivity index (χ4n) is 1.53. The molecule has 1 aromatic heterocycles. The molecular formula is C9H13NO2.